The quantitative estimate of drug-likeness (QED) is 0.765. The van der Waals surface area contributed by atoms with E-state index in [0.29, 0.717) is 5.56 Å². The number of amides is 1. The third-order valence-electron chi connectivity index (χ3n) is 2.33. The summed E-state index contributed by atoms with van der Waals surface area (Å²) >= 11 is 3.27. The third kappa shape index (κ3) is 4.12. The summed E-state index contributed by atoms with van der Waals surface area (Å²) in [5.74, 6) is -1.63. The van der Waals surface area contributed by atoms with Crippen LogP contribution in [0.4, 0.5) is 0 Å². The topological polar surface area (TPSA) is 86.6 Å². The molecule has 0 spiro atoms. The first kappa shape index (κ1) is 14.7. The van der Waals surface area contributed by atoms with Crippen molar-refractivity contribution in [2.24, 2.45) is 0 Å². The van der Waals surface area contributed by atoms with Gasteiger partial charge in [0.15, 0.2) is 0 Å². The summed E-state index contributed by atoms with van der Waals surface area (Å²) in [5, 5.41) is 20.0. The van der Waals surface area contributed by atoms with E-state index in [1.54, 1.807) is 12.1 Å². The fourth-order valence-electron chi connectivity index (χ4n) is 1.50. The molecule has 1 aromatic rings. The Morgan fingerprint density at radius 1 is 1.39 bits per heavy atom. The Morgan fingerprint density at radius 2 is 2.06 bits per heavy atom. The van der Waals surface area contributed by atoms with Crippen molar-refractivity contribution >= 4 is 27.8 Å². The number of benzene rings is 1. The van der Waals surface area contributed by atoms with Crippen LogP contribution in [0.25, 0.3) is 0 Å². The highest BCUT2D eigenvalue weighted by molar-refractivity contribution is 9.10. The van der Waals surface area contributed by atoms with Crippen molar-refractivity contribution in [2.75, 3.05) is 6.61 Å². The predicted molar refractivity (Wildman–Crippen MR) is 69.5 cm³/mol. The van der Waals surface area contributed by atoms with Crippen LogP contribution in [-0.2, 0) is 4.79 Å². The molecule has 0 heterocycles. The fourth-order valence-corrected chi connectivity index (χ4v) is 2.10. The van der Waals surface area contributed by atoms with Crippen LogP contribution in [-0.4, -0.2) is 34.7 Å². The maximum absolute atomic E-state index is 11.9. The van der Waals surface area contributed by atoms with E-state index >= 15 is 0 Å². The number of rotatable bonds is 5. The number of aliphatic hydroxyl groups is 1. The van der Waals surface area contributed by atoms with Crippen LogP contribution in [0.1, 0.15) is 22.3 Å². The molecule has 0 aliphatic carbocycles. The largest absolute Gasteiger partial charge is 0.480 e. The van der Waals surface area contributed by atoms with Gasteiger partial charge in [0, 0.05) is 23.1 Å². The Kier molecular flexibility index (Phi) is 5.30. The van der Waals surface area contributed by atoms with Crippen molar-refractivity contribution in [3.8, 4) is 0 Å². The number of nitrogens with one attached hydrogen (secondary N) is 1. The van der Waals surface area contributed by atoms with Gasteiger partial charge in [-0.05, 0) is 30.7 Å². The molecule has 0 aromatic heterocycles. The van der Waals surface area contributed by atoms with Gasteiger partial charge in [-0.1, -0.05) is 15.9 Å². The van der Waals surface area contributed by atoms with Gasteiger partial charge in [0.25, 0.3) is 5.91 Å². The minimum atomic E-state index is -1.16. The first-order valence-corrected chi connectivity index (χ1v) is 6.15. The molecule has 98 valence electrons. The first-order valence-electron chi connectivity index (χ1n) is 5.35. The molecule has 6 heteroatoms. The Balaban J connectivity index is 2.83. The molecule has 5 nitrogen and oxygen atoms in total. The molecule has 1 aromatic carbocycles. The zero-order chi connectivity index (χ0) is 13.7. The number of carbonyl (C=O) groups excluding carboxylic acids is 1. The van der Waals surface area contributed by atoms with Crippen LogP contribution in [0.15, 0.2) is 22.7 Å². The smallest absolute Gasteiger partial charge is 0.326 e. The molecule has 1 atom stereocenters. The Bertz CT molecular complexity index is 441. The molecule has 0 saturated carbocycles. The van der Waals surface area contributed by atoms with Crippen molar-refractivity contribution in [1.29, 1.82) is 0 Å². The zero-order valence-electron chi connectivity index (χ0n) is 9.81. The van der Waals surface area contributed by atoms with Crippen LogP contribution in [0.3, 0.4) is 0 Å². The van der Waals surface area contributed by atoms with Gasteiger partial charge in [0.1, 0.15) is 6.04 Å². The number of aliphatic hydroxyl groups excluding tert-OH is 1. The van der Waals surface area contributed by atoms with Crippen molar-refractivity contribution in [2.45, 2.75) is 19.4 Å². The Hall–Kier alpha value is -1.40. The fraction of sp³-hybridized carbons (Fsp3) is 0.333. The molecule has 0 fully saturated rings. The molecule has 0 aliphatic heterocycles. The van der Waals surface area contributed by atoms with E-state index in [9.17, 15) is 9.59 Å². The van der Waals surface area contributed by atoms with E-state index in [4.69, 9.17) is 10.2 Å². The van der Waals surface area contributed by atoms with E-state index in [1.807, 2.05) is 13.0 Å². The molecule has 1 amide bonds. The van der Waals surface area contributed by atoms with Gasteiger partial charge >= 0.3 is 5.97 Å². The number of hydrogen-bond donors (Lipinski definition) is 3. The number of aliphatic carboxylic acids is 1. The van der Waals surface area contributed by atoms with Gasteiger partial charge in [-0.15, -0.1) is 0 Å². The van der Waals surface area contributed by atoms with Crippen molar-refractivity contribution < 1.29 is 19.8 Å². The molecule has 0 saturated heterocycles. The maximum Gasteiger partial charge on any atom is 0.326 e. The SMILES string of the molecule is Cc1cc(Br)cc(C(=O)NC(CCO)C(=O)O)c1. The van der Waals surface area contributed by atoms with E-state index in [0.717, 1.165) is 10.0 Å². The number of carboxylic acid groups (broad SMARTS) is 1. The zero-order valence-corrected chi connectivity index (χ0v) is 11.4. The van der Waals surface area contributed by atoms with Crippen LogP contribution < -0.4 is 5.32 Å². The summed E-state index contributed by atoms with van der Waals surface area (Å²) in [7, 11) is 0. The number of carboxylic acids is 1. The second-order valence-electron chi connectivity index (χ2n) is 3.89. The van der Waals surface area contributed by atoms with Crippen molar-refractivity contribution in [1.82, 2.24) is 5.32 Å². The van der Waals surface area contributed by atoms with Gasteiger partial charge < -0.3 is 15.5 Å². The molecule has 18 heavy (non-hydrogen) atoms. The normalized spacial score (nSPS) is 11.9. The first-order chi connectivity index (χ1) is 8.43. The average Bonchev–Trinajstić information content (AvgIpc) is 2.26. The molecule has 1 rings (SSSR count). The number of hydrogen-bond acceptors (Lipinski definition) is 3. The Morgan fingerprint density at radius 3 is 2.56 bits per heavy atom. The molecule has 0 aliphatic rings. The van der Waals surface area contributed by atoms with E-state index in [1.165, 1.54) is 0 Å². The molecule has 3 N–H and O–H groups in total. The highest BCUT2D eigenvalue weighted by Gasteiger charge is 2.20. The summed E-state index contributed by atoms with van der Waals surface area (Å²) in [4.78, 5) is 22.7. The average molecular weight is 316 g/mol. The summed E-state index contributed by atoms with van der Waals surface area (Å²) < 4.78 is 0.752. The molecule has 0 bridgehead atoms. The number of carbonyl (C=O) groups is 2. The van der Waals surface area contributed by atoms with Gasteiger partial charge in [-0.25, -0.2) is 4.79 Å². The maximum atomic E-state index is 11.9. The summed E-state index contributed by atoms with van der Waals surface area (Å²) in [6.45, 7) is 1.54. The van der Waals surface area contributed by atoms with E-state index in [-0.39, 0.29) is 13.0 Å². The lowest BCUT2D eigenvalue weighted by Gasteiger charge is -2.13. The minimum absolute atomic E-state index is 0.0198. The van der Waals surface area contributed by atoms with Gasteiger partial charge in [-0.2, -0.15) is 0 Å². The number of aryl methyl sites for hydroxylation is 1. The molecular formula is C12H14BrNO4. The van der Waals surface area contributed by atoms with Gasteiger partial charge in [-0.3, -0.25) is 4.79 Å². The second-order valence-corrected chi connectivity index (χ2v) is 4.81. The summed E-state index contributed by atoms with van der Waals surface area (Å²) in [6, 6.07) is 4.04. The monoisotopic (exact) mass is 315 g/mol. The lowest BCUT2D eigenvalue weighted by Crippen LogP contribution is -2.41. The standard InChI is InChI=1S/C12H14BrNO4/c1-7-4-8(6-9(13)5-7)11(16)14-10(2-3-15)12(17)18/h4-6,10,15H,2-3H2,1H3,(H,14,16)(H,17,18). The van der Waals surface area contributed by atoms with Crippen LogP contribution in [0.2, 0.25) is 0 Å². The molecule has 1 unspecified atom stereocenters. The number of halogens is 1. The van der Waals surface area contributed by atoms with Crippen LogP contribution >= 0.6 is 15.9 Å². The van der Waals surface area contributed by atoms with Gasteiger partial charge in [0.05, 0.1) is 0 Å². The van der Waals surface area contributed by atoms with Crippen LogP contribution in [0.5, 0.6) is 0 Å². The highest BCUT2D eigenvalue weighted by atomic mass is 79.9. The van der Waals surface area contributed by atoms with E-state index in [2.05, 4.69) is 21.2 Å². The second kappa shape index (κ2) is 6.51. The van der Waals surface area contributed by atoms with Gasteiger partial charge in [0.2, 0.25) is 0 Å². The highest BCUT2D eigenvalue weighted by Crippen LogP contribution is 2.15. The molecule has 0 radical (unpaired) electrons. The Labute approximate surface area is 113 Å². The van der Waals surface area contributed by atoms with E-state index < -0.39 is 17.9 Å². The third-order valence-corrected chi connectivity index (χ3v) is 2.78. The minimum Gasteiger partial charge on any atom is -0.480 e. The van der Waals surface area contributed by atoms with Crippen LogP contribution in [0, 0.1) is 6.92 Å². The predicted octanol–water partition coefficient (Wildman–Crippen LogP) is 1.32. The molecular weight excluding hydrogens is 302 g/mol. The lowest BCUT2D eigenvalue weighted by molar-refractivity contribution is -0.139. The lowest BCUT2D eigenvalue weighted by atomic mass is 10.1. The summed E-state index contributed by atoms with van der Waals surface area (Å²) in [6.07, 6.45) is -0.0198. The van der Waals surface area contributed by atoms with Crippen molar-refractivity contribution in [3.63, 3.8) is 0 Å². The van der Waals surface area contributed by atoms with Crippen molar-refractivity contribution in [3.05, 3.63) is 33.8 Å². The summed E-state index contributed by atoms with van der Waals surface area (Å²) in [5.41, 5.74) is 1.27.